The van der Waals surface area contributed by atoms with Crippen LogP contribution in [0.4, 0.5) is 0 Å². The molecule has 1 N–H and O–H groups in total. The molecular formula is C21H24N4O4. The minimum Gasteiger partial charge on any atom is -0.464 e. The number of nitrogens with one attached hydrogen (secondary N) is 1. The van der Waals surface area contributed by atoms with Crippen LogP contribution in [0.3, 0.4) is 0 Å². The highest BCUT2D eigenvalue weighted by atomic mass is 16.5. The van der Waals surface area contributed by atoms with Crippen molar-refractivity contribution in [3.05, 3.63) is 53.1 Å². The number of nitrogens with zero attached hydrogens (tertiary/aromatic N) is 3. The van der Waals surface area contributed by atoms with Gasteiger partial charge in [0.25, 0.3) is 5.91 Å². The van der Waals surface area contributed by atoms with Gasteiger partial charge in [0.05, 0.1) is 20.0 Å². The molecule has 152 valence electrons. The van der Waals surface area contributed by atoms with Crippen LogP contribution in [0.1, 0.15) is 51.9 Å². The molecule has 8 nitrogen and oxygen atoms in total. The van der Waals surface area contributed by atoms with Crippen molar-refractivity contribution in [2.45, 2.75) is 51.4 Å². The molecule has 2 heterocycles. The van der Waals surface area contributed by atoms with Crippen molar-refractivity contribution >= 4 is 17.8 Å². The third-order valence-electron chi connectivity index (χ3n) is 5.62. The average molecular weight is 396 g/mol. The second-order valence-electron chi connectivity index (χ2n) is 7.91. The Morgan fingerprint density at radius 3 is 2.59 bits per heavy atom. The topological polar surface area (TPSA) is 93.5 Å². The van der Waals surface area contributed by atoms with Crippen LogP contribution in [0.15, 0.2) is 30.6 Å². The first-order chi connectivity index (χ1) is 13.8. The molecule has 1 saturated carbocycles. The zero-order valence-electron chi connectivity index (χ0n) is 16.8. The molecule has 0 bridgehead atoms. The lowest BCUT2D eigenvalue weighted by Crippen LogP contribution is -2.64. The van der Waals surface area contributed by atoms with E-state index in [9.17, 15) is 14.4 Å². The molecule has 1 aliphatic carbocycles. The van der Waals surface area contributed by atoms with E-state index in [-0.39, 0.29) is 35.8 Å². The van der Waals surface area contributed by atoms with E-state index in [1.54, 1.807) is 16.4 Å². The summed E-state index contributed by atoms with van der Waals surface area (Å²) >= 11 is 0. The second kappa shape index (κ2) is 7.02. The molecular weight excluding hydrogens is 372 g/mol. The predicted molar refractivity (Wildman–Crippen MR) is 104 cm³/mol. The van der Waals surface area contributed by atoms with Gasteiger partial charge in [0, 0.05) is 12.6 Å². The monoisotopic (exact) mass is 396 g/mol. The van der Waals surface area contributed by atoms with Crippen molar-refractivity contribution in [3.8, 4) is 0 Å². The zero-order chi connectivity index (χ0) is 20.8. The normalized spacial score (nSPS) is 20.9. The number of fused-ring (bicyclic) bond motifs is 1. The molecule has 2 aromatic rings. The molecule has 4 rings (SSSR count). The minimum absolute atomic E-state index is 0.00762. The summed E-state index contributed by atoms with van der Waals surface area (Å²) in [6.07, 6.45) is 3.11. The third kappa shape index (κ3) is 3.28. The number of benzene rings is 1. The first kappa shape index (κ1) is 19.2. The molecule has 0 unspecified atom stereocenters. The number of aromatic nitrogens is 2. The number of esters is 1. The van der Waals surface area contributed by atoms with Crippen molar-refractivity contribution in [1.82, 2.24) is 19.8 Å². The van der Waals surface area contributed by atoms with Crippen LogP contribution in [-0.4, -0.2) is 50.9 Å². The van der Waals surface area contributed by atoms with E-state index in [0.717, 1.165) is 24.0 Å². The van der Waals surface area contributed by atoms with Crippen LogP contribution in [0.25, 0.3) is 0 Å². The molecule has 29 heavy (non-hydrogen) atoms. The maximum Gasteiger partial charge on any atom is 0.359 e. The van der Waals surface area contributed by atoms with Gasteiger partial charge in [-0.05, 0) is 32.3 Å². The first-order valence-corrected chi connectivity index (χ1v) is 9.66. The maximum absolute atomic E-state index is 13.3. The van der Waals surface area contributed by atoms with Gasteiger partial charge in [0.1, 0.15) is 11.2 Å². The molecule has 1 atom stereocenters. The zero-order valence-corrected chi connectivity index (χ0v) is 16.8. The summed E-state index contributed by atoms with van der Waals surface area (Å²) < 4.78 is 6.33. The van der Waals surface area contributed by atoms with E-state index in [1.165, 1.54) is 13.4 Å². The Labute approximate surface area is 168 Å². The van der Waals surface area contributed by atoms with Crippen LogP contribution in [0, 0.1) is 6.92 Å². The highest BCUT2D eigenvalue weighted by molar-refractivity contribution is 6.06. The number of ether oxygens (including phenoxy) is 1. The van der Waals surface area contributed by atoms with Gasteiger partial charge < -0.3 is 19.5 Å². The largest absolute Gasteiger partial charge is 0.464 e. The Balaban J connectivity index is 1.62. The molecule has 1 aromatic heterocycles. The summed E-state index contributed by atoms with van der Waals surface area (Å²) in [6.45, 7) is 4.39. The fourth-order valence-corrected chi connectivity index (χ4v) is 3.88. The van der Waals surface area contributed by atoms with E-state index in [2.05, 4.69) is 10.3 Å². The van der Waals surface area contributed by atoms with E-state index >= 15 is 0 Å². The number of imidazole rings is 1. The lowest BCUT2D eigenvalue weighted by Gasteiger charge is -2.44. The van der Waals surface area contributed by atoms with Crippen LogP contribution < -0.4 is 5.32 Å². The quantitative estimate of drug-likeness (QED) is 0.776. The summed E-state index contributed by atoms with van der Waals surface area (Å²) in [5, 5.41) is 2.98. The van der Waals surface area contributed by atoms with Crippen molar-refractivity contribution < 1.29 is 19.1 Å². The number of carbonyl (C=O) groups is 3. The van der Waals surface area contributed by atoms with Crippen molar-refractivity contribution in [2.75, 3.05) is 7.11 Å². The van der Waals surface area contributed by atoms with Gasteiger partial charge in [-0.15, -0.1) is 0 Å². The van der Waals surface area contributed by atoms with E-state index in [4.69, 9.17) is 4.74 Å². The Hall–Kier alpha value is -3.16. The summed E-state index contributed by atoms with van der Waals surface area (Å²) in [5.41, 5.74) is 1.25. The van der Waals surface area contributed by atoms with Gasteiger partial charge in [-0.2, -0.15) is 0 Å². The smallest absolute Gasteiger partial charge is 0.359 e. The molecule has 1 aromatic carbocycles. The molecule has 1 aliphatic heterocycles. The molecule has 1 fully saturated rings. The number of hydrogen-bond acceptors (Lipinski definition) is 5. The Morgan fingerprint density at radius 1 is 1.28 bits per heavy atom. The standard InChI is InChI=1S/C21H24N4O4/c1-13-4-6-14(7-5-13)10-22-20(28)21(2)11-24-12-23-16(19(27)29-3)17(24)18(26)25(21)15-8-9-15/h4-7,12,15H,8-11H2,1-3H3,(H,22,28)/t21-/m0/s1. The fourth-order valence-electron chi connectivity index (χ4n) is 3.88. The first-order valence-electron chi connectivity index (χ1n) is 9.66. The molecule has 0 radical (unpaired) electrons. The molecule has 2 amide bonds. The lowest BCUT2D eigenvalue weighted by molar-refractivity contribution is -0.133. The number of amides is 2. The van der Waals surface area contributed by atoms with Gasteiger partial charge in [0.2, 0.25) is 5.91 Å². The Kier molecular flexibility index (Phi) is 4.64. The van der Waals surface area contributed by atoms with Crippen molar-refractivity contribution in [3.63, 3.8) is 0 Å². The summed E-state index contributed by atoms with van der Waals surface area (Å²) in [4.78, 5) is 44.2. The third-order valence-corrected chi connectivity index (χ3v) is 5.62. The van der Waals surface area contributed by atoms with Crippen molar-refractivity contribution in [1.29, 1.82) is 0 Å². The van der Waals surface area contributed by atoms with E-state index in [1.807, 2.05) is 31.2 Å². The summed E-state index contributed by atoms with van der Waals surface area (Å²) in [7, 11) is 1.25. The van der Waals surface area contributed by atoms with Crippen LogP contribution in [0.5, 0.6) is 0 Å². The molecule has 8 heteroatoms. The minimum atomic E-state index is -1.07. The van der Waals surface area contributed by atoms with Crippen LogP contribution >= 0.6 is 0 Å². The Morgan fingerprint density at radius 2 is 1.97 bits per heavy atom. The molecule has 0 saturated heterocycles. The number of methoxy groups -OCH3 is 1. The van der Waals surface area contributed by atoms with E-state index in [0.29, 0.717) is 6.54 Å². The molecule has 0 spiro atoms. The van der Waals surface area contributed by atoms with Gasteiger partial charge in [-0.1, -0.05) is 29.8 Å². The SMILES string of the molecule is COC(=O)c1ncn2c1C(=O)N(C1CC1)[C@](C)(C(=O)NCc1ccc(C)cc1)C2. The fraction of sp³-hybridized carbons (Fsp3) is 0.429. The Bertz CT molecular complexity index is 977. The number of hydrogen-bond donors (Lipinski definition) is 1. The highest BCUT2D eigenvalue weighted by Crippen LogP contribution is 2.38. The highest BCUT2D eigenvalue weighted by Gasteiger charge is 2.53. The number of rotatable bonds is 5. The maximum atomic E-state index is 13.3. The molecule has 2 aliphatic rings. The summed E-state index contributed by atoms with van der Waals surface area (Å²) in [5.74, 6) is -1.24. The van der Waals surface area contributed by atoms with Gasteiger partial charge in [-0.3, -0.25) is 9.59 Å². The van der Waals surface area contributed by atoms with Gasteiger partial charge in [0.15, 0.2) is 5.69 Å². The van der Waals surface area contributed by atoms with Crippen LogP contribution in [-0.2, 0) is 22.6 Å². The average Bonchev–Trinajstić information content (AvgIpc) is 3.44. The van der Waals surface area contributed by atoms with E-state index < -0.39 is 11.5 Å². The lowest BCUT2D eigenvalue weighted by atomic mass is 9.93. The number of aryl methyl sites for hydroxylation is 1. The number of carbonyl (C=O) groups excluding carboxylic acids is 3. The predicted octanol–water partition coefficient (Wildman–Crippen LogP) is 1.67. The van der Waals surface area contributed by atoms with Gasteiger partial charge in [-0.25, -0.2) is 9.78 Å². The second-order valence-corrected chi connectivity index (χ2v) is 7.91. The van der Waals surface area contributed by atoms with Gasteiger partial charge >= 0.3 is 5.97 Å². The van der Waals surface area contributed by atoms with Crippen molar-refractivity contribution in [2.24, 2.45) is 0 Å². The van der Waals surface area contributed by atoms with Crippen LogP contribution in [0.2, 0.25) is 0 Å². The summed E-state index contributed by atoms with van der Waals surface area (Å²) in [6, 6.07) is 7.93.